The van der Waals surface area contributed by atoms with E-state index in [1.165, 1.54) is 20.3 Å². The van der Waals surface area contributed by atoms with Gasteiger partial charge in [-0.1, -0.05) is 6.07 Å². The van der Waals surface area contributed by atoms with Crippen molar-refractivity contribution in [3.63, 3.8) is 0 Å². The minimum absolute atomic E-state index is 0.215. The smallest absolute Gasteiger partial charge is 0.309 e. The van der Waals surface area contributed by atoms with Crippen LogP contribution in [0.25, 0.3) is 10.6 Å². The molecule has 0 radical (unpaired) electrons. The van der Waals surface area contributed by atoms with Crippen molar-refractivity contribution >= 4 is 27.3 Å². The van der Waals surface area contributed by atoms with E-state index >= 15 is 0 Å². The highest BCUT2D eigenvalue weighted by atomic mass is 32.2. The van der Waals surface area contributed by atoms with Crippen molar-refractivity contribution in [3.05, 3.63) is 23.7 Å². The van der Waals surface area contributed by atoms with Gasteiger partial charge in [0.05, 0.1) is 17.4 Å². The second-order valence-electron chi connectivity index (χ2n) is 5.92. The van der Waals surface area contributed by atoms with Gasteiger partial charge in [-0.05, 0) is 31.2 Å². The molecule has 3 heterocycles. The summed E-state index contributed by atoms with van der Waals surface area (Å²) in [7, 11) is -1.94. The summed E-state index contributed by atoms with van der Waals surface area (Å²) in [6.45, 7) is 2.73. The molecule has 0 atom stereocenters. The second kappa shape index (κ2) is 7.27. The molecule has 25 heavy (non-hydrogen) atoms. The van der Waals surface area contributed by atoms with E-state index in [0.717, 1.165) is 4.88 Å². The Balaban J connectivity index is 1.81. The normalized spacial score (nSPS) is 16.9. The number of carbonyl (C=O) groups is 1. The molecule has 1 aliphatic rings. The quantitative estimate of drug-likeness (QED) is 0.739. The van der Waals surface area contributed by atoms with Crippen molar-refractivity contribution < 1.29 is 17.9 Å². The Hall–Kier alpha value is -1.71. The number of ether oxygens (including phenoxy) is 1. The summed E-state index contributed by atoms with van der Waals surface area (Å²) in [6, 6.07) is 3.73. The number of aryl methyl sites for hydroxylation is 1. The molecule has 0 N–H and O–H groups in total. The molecule has 0 aliphatic carbocycles. The van der Waals surface area contributed by atoms with Crippen LogP contribution < -0.4 is 0 Å². The van der Waals surface area contributed by atoms with E-state index in [1.807, 2.05) is 17.5 Å². The van der Waals surface area contributed by atoms with Crippen molar-refractivity contribution in [2.45, 2.75) is 24.7 Å². The van der Waals surface area contributed by atoms with Crippen LogP contribution in [0, 0.1) is 5.92 Å². The van der Waals surface area contributed by atoms with Gasteiger partial charge in [-0.2, -0.15) is 9.40 Å². The maximum Gasteiger partial charge on any atom is 0.309 e. The molecule has 136 valence electrons. The van der Waals surface area contributed by atoms with Gasteiger partial charge in [0.2, 0.25) is 10.0 Å². The molecule has 2 aromatic rings. The molecule has 2 aromatic heterocycles. The van der Waals surface area contributed by atoms with Gasteiger partial charge < -0.3 is 4.74 Å². The molecule has 3 rings (SSSR count). The molecule has 0 saturated carbocycles. The van der Waals surface area contributed by atoms with Crippen LogP contribution >= 0.6 is 11.3 Å². The Morgan fingerprint density at radius 3 is 2.72 bits per heavy atom. The standard InChI is InChI=1S/C16H21N3O4S2/c1-3-23-16(20)12-6-8-19(9-7-12)25(21,22)14-11-18(2)17-15(14)13-5-4-10-24-13/h4-5,10-12H,3,6-9H2,1-2H3. The van der Waals surface area contributed by atoms with E-state index in [4.69, 9.17) is 4.74 Å². The van der Waals surface area contributed by atoms with Crippen molar-refractivity contribution in [2.75, 3.05) is 19.7 Å². The van der Waals surface area contributed by atoms with E-state index < -0.39 is 10.0 Å². The Kier molecular flexibility index (Phi) is 5.26. The zero-order valence-corrected chi connectivity index (χ0v) is 15.8. The van der Waals surface area contributed by atoms with Crippen LogP contribution in [-0.2, 0) is 26.6 Å². The molecule has 0 aromatic carbocycles. The van der Waals surface area contributed by atoms with E-state index in [-0.39, 0.29) is 16.8 Å². The van der Waals surface area contributed by atoms with Crippen molar-refractivity contribution in [1.82, 2.24) is 14.1 Å². The SMILES string of the molecule is CCOC(=O)C1CCN(S(=O)(=O)c2cn(C)nc2-c2cccs2)CC1. The third-order valence-corrected chi connectivity index (χ3v) is 7.02. The van der Waals surface area contributed by atoms with Crippen LogP contribution in [0.3, 0.4) is 0 Å². The summed E-state index contributed by atoms with van der Waals surface area (Å²) >= 11 is 1.46. The van der Waals surface area contributed by atoms with E-state index in [1.54, 1.807) is 20.2 Å². The maximum atomic E-state index is 13.1. The highest BCUT2D eigenvalue weighted by Gasteiger charge is 2.35. The maximum absolute atomic E-state index is 13.1. The molecule has 0 unspecified atom stereocenters. The number of esters is 1. The number of carbonyl (C=O) groups excluding carboxylic acids is 1. The fraction of sp³-hybridized carbons (Fsp3) is 0.500. The summed E-state index contributed by atoms with van der Waals surface area (Å²) in [5.74, 6) is -0.461. The number of hydrogen-bond donors (Lipinski definition) is 0. The lowest BCUT2D eigenvalue weighted by Gasteiger charge is -2.29. The zero-order valence-electron chi connectivity index (χ0n) is 14.2. The predicted molar refractivity (Wildman–Crippen MR) is 94.6 cm³/mol. The van der Waals surface area contributed by atoms with Gasteiger partial charge in [0.1, 0.15) is 10.6 Å². The number of nitrogens with zero attached hydrogens (tertiary/aromatic N) is 3. The van der Waals surface area contributed by atoms with E-state index in [9.17, 15) is 13.2 Å². The molecule has 0 amide bonds. The molecule has 1 aliphatic heterocycles. The lowest BCUT2D eigenvalue weighted by atomic mass is 9.98. The Labute approximate surface area is 151 Å². The molecule has 7 nitrogen and oxygen atoms in total. The Morgan fingerprint density at radius 1 is 1.40 bits per heavy atom. The topological polar surface area (TPSA) is 81.5 Å². The molecule has 0 spiro atoms. The number of sulfonamides is 1. The van der Waals surface area contributed by atoms with Crippen LogP contribution in [0.1, 0.15) is 19.8 Å². The monoisotopic (exact) mass is 383 g/mol. The van der Waals surface area contributed by atoms with Gasteiger partial charge in [0.25, 0.3) is 0 Å². The number of aromatic nitrogens is 2. The van der Waals surface area contributed by atoms with E-state index in [0.29, 0.717) is 38.2 Å². The van der Waals surface area contributed by atoms with Crippen LogP contribution in [-0.4, -0.2) is 48.2 Å². The molecule has 1 saturated heterocycles. The van der Waals surface area contributed by atoms with Crippen LogP contribution in [0.15, 0.2) is 28.6 Å². The lowest BCUT2D eigenvalue weighted by molar-refractivity contribution is -0.149. The number of hydrogen-bond acceptors (Lipinski definition) is 6. The van der Waals surface area contributed by atoms with Crippen LogP contribution in [0.5, 0.6) is 0 Å². The third kappa shape index (κ3) is 3.63. The Morgan fingerprint density at radius 2 is 2.12 bits per heavy atom. The van der Waals surface area contributed by atoms with Gasteiger partial charge in [-0.15, -0.1) is 11.3 Å². The lowest BCUT2D eigenvalue weighted by Crippen LogP contribution is -2.40. The van der Waals surface area contributed by atoms with Crippen molar-refractivity contribution in [1.29, 1.82) is 0 Å². The first-order valence-electron chi connectivity index (χ1n) is 8.17. The van der Waals surface area contributed by atoms with Crippen molar-refractivity contribution in [2.24, 2.45) is 13.0 Å². The molecule has 9 heteroatoms. The van der Waals surface area contributed by atoms with Gasteiger partial charge >= 0.3 is 5.97 Å². The summed E-state index contributed by atoms with van der Waals surface area (Å²) in [5.41, 5.74) is 0.477. The van der Waals surface area contributed by atoms with Gasteiger partial charge in [-0.25, -0.2) is 8.42 Å². The van der Waals surface area contributed by atoms with Crippen LogP contribution in [0.2, 0.25) is 0 Å². The largest absolute Gasteiger partial charge is 0.466 e. The van der Waals surface area contributed by atoms with Crippen LogP contribution in [0.4, 0.5) is 0 Å². The first kappa shape index (κ1) is 18.1. The summed E-state index contributed by atoms with van der Waals surface area (Å²) < 4.78 is 34.2. The van der Waals surface area contributed by atoms with Gasteiger partial charge in [-0.3, -0.25) is 9.48 Å². The van der Waals surface area contributed by atoms with Gasteiger partial charge in [0.15, 0.2) is 0 Å². The average Bonchev–Trinajstić information content (AvgIpc) is 3.24. The number of piperidine rings is 1. The summed E-state index contributed by atoms with van der Waals surface area (Å²) in [5, 5.41) is 6.22. The second-order valence-corrected chi connectivity index (χ2v) is 8.78. The summed E-state index contributed by atoms with van der Waals surface area (Å²) in [4.78, 5) is 12.9. The molecule has 0 bridgehead atoms. The minimum Gasteiger partial charge on any atom is -0.466 e. The molecular formula is C16H21N3O4S2. The molecule has 1 fully saturated rings. The van der Waals surface area contributed by atoms with Crippen molar-refractivity contribution in [3.8, 4) is 10.6 Å². The highest BCUT2D eigenvalue weighted by Crippen LogP contribution is 2.32. The van der Waals surface area contributed by atoms with Gasteiger partial charge in [0, 0.05) is 26.3 Å². The summed E-state index contributed by atoms with van der Waals surface area (Å²) in [6.07, 6.45) is 2.50. The fourth-order valence-corrected chi connectivity index (χ4v) is 5.41. The number of thiophene rings is 1. The number of rotatable bonds is 5. The highest BCUT2D eigenvalue weighted by molar-refractivity contribution is 7.89. The van der Waals surface area contributed by atoms with E-state index in [2.05, 4.69) is 5.10 Å². The predicted octanol–water partition coefficient (Wildman–Crippen LogP) is 2.11. The zero-order chi connectivity index (χ0) is 18.0. The average molecular weight is 383 g/mol. The third-order valence-electron chi connectivity index (χ3n) is 4.24. The minimum atomic E-state index is -3.65. The Bertz CT molecular complexity index is 835. The first-order chi connectivity index (χ1) is 11.9. The first-order valence-corrected chi connectivity index (χ1v) is 10.5. The fourth-order valence-electron chi connectivity index (χ4n) is 2.97. The molecular weight excluding hydrogens is 362 g/mol.